The van der Waals surface area contributed by atoms with Crippen molar-refractivity contribution in [3.05, 3.63) is 23.3 Å². The van der Waals surface area contributed by atoms with Crippen LogP contribution >= 0.6 is 0 Å². The van der Waals surface area contributed by atoms with Crippen LogP contribution in [0.3, 0.4) is 0 Å². The largest absolute Gasteiger partial charge is 0.504 e. The maximum atomic E-state index is 12.2. The van der Waals surface area contributed by atoms with Crippen LogP contribution in [0, 0.1) is 5.92 Å². The number of oxime groups is 1. The van der Waals surface area contributed by atoms with Gasteiger partial charge in [0.15, 0.2) is 17.6 Å². The molecule has 4 atom stereocenters. The smallest absolute Gasteiger partial charge is 0.166 e. The Morgan fingerprint density at radius 1 is 1.33 bits per heavy atom. The van der Waals surface area contributed by atoms with Gasteiger partial charge in [0.25, 0.3) is 0 Å². The summed E-state index contributed by atoms with van der Waals surface area (Å²) in [5.74, 6) is 1.51. The Bertz CT molecular complexity index is 851. The number of ether oxygens (including phenoxy) is 1. The van der Waals surface area contributed by atoms with Gasteiger partial charge in [-0.2, -0.15) is 0 Å². The topological polar surface area (TPSA) is 74.5 Å². The molecule has 2 N–H and O–H groups in total. The first-order valence-electron chi connectivity index (χ1n) is 10.2. The highest BCUT2D eigenvalue weighted by Gasteiger charge is 2.72. The molecule has 3 fully saturated rings. The zero-order valence-corrected chi connectivity index (χ0v) is 15.6. The molecule has 1 aromatic rings. The van der Waals surface area contributed by atoms with Crippen LogP contribution in [-0.4, -0.2) is 58.8 Å². The summed E-state index contributed by atoms with van der Waals surface area (Å²) in [5.41, 5.74) is 1.69. The maximum absolute atomic E-state index is 12.2. The van der Waals surface area contributed by atoms with Crippen LogP contribution in [-0.2, 0) is 16.7 Å². The van der Waals surface area contributed by atoms with E-state index in [2.05, 4.69) is 10.1 Å². The summed E-state index contributed by atoms with van der Waals surface area (Å²) in [6.07, 6.45) is 5.24. The minimum absolute atomic E-state index is 0.102. The molecule has 6 heteroatoms. The number of aromatic hydroxyl groups is 1. The molecule has 2 aliphatic heterocycles. The fourth-order valence-corrected chi connectivity index (χ4v) is 6.49. The van der Waals surface area contributed by atoms with Gasteiger partial charge in [-0.3, -0.25) is 4.90 Å². The summed E-state index contributed by atoms with van der Waals surface area (Å²) in [6.45, 7) is 2.05. The normalized spacial score (nSPS) is 40.6. The zero-order chi connectivity index (χ0) is 18.4. The number of rotatable bonds is 3. The van der Waals surface area contributed by atoms with E-state index in [1.165, 1.54) is 18.4 Å². The molecule has 27 heavy (non-hydrogen) atoms. The van der Waals surface area contributed by atoms with E-state index >= 15 is 0 Å². The molecule has 3 aliphatic carbocycles. The fraction of sp³-hybridized carbons (Fsp3) is 0.667. The molecule has 2 heterocycles. The Labute approximate surface area is 158 Å². The van der Waals surface area contributed by atoms with E-state index in [4.69, 9.17) is 9.57 Å². The van der Waals surface area contributed by atoms with Crippen molar-refractivity contribution in [2.24, 2.45) is 11.1 Å². The van der Waals surface area contributed by atoms with Crippen LogP contribution in [0.2, 0.25) is 0 Å². The van der Waals surface area contributed by atoms with Crippen molar-refractivity contribution in [3.63, 3.8) is 0 Å². The van der Waals surface area contributed by atoms with Gasteiger partial charge in [-0.05, 0) is 62.6 Å². The predicted octanol–water partition coefficient (Wildman–Crippen LogP) is 1.96. The van der Waals surface area contributed by atoms with E-state index in [9.17, 15) is 10.2 Å². The summed E-state index contributed by atoms with van der Waals surface area (Å²) in [4.78, 5) is 7.64. The number of likely N-dealkylation sites (tertiary alicyclic amines) is 1. The Hall–Kier alpha value is -1.79. The Morgan fingerprint density at radius 3 is 2.96 bits per heavy atom. The van der Waals surface area contributed by atoms with Gasteiger partial charge in [0, 0.05) is 18.2 Å². The summed E-state index contributed by atoms with van der Waals surface area (Å²) in [7, 11) is 1.55. The lowest BCUT2D eigenvalue weighted by atomic mass is 9.49. The molecule has 6 nitrogen and oxygen atoms in total. The molecule has 1 spiro atoms. The molecule has 0 amide bonds. The molecule has 0 radical (unpaired) electrons. The number of hydrogen-bond donors (Lipinski definition) is 2. The molecular formula is C21H26N2O4. The third-order valence-electron chi connectivity index (χ3n) is 7.79. The van der Waals surface area contributed by atoms with Crippen LogP contribution in [0.5, 0.6) is 11.5 Å². The van der Waals surface area contributed by atoms with Gasteiger partial charge in [0.1, 0.15) is 7.11 Å². The molecule has 4 unspecified atom stereocenters. The predicted molar refractivity (Wildman–Crippen MR) is 99.2 cm³/mol. The second-order valence-corrected chi connectivity index (χ2v) is 9.01. The molecule has 5 aliphatic rings. The van der Waals surface area contributed by atoms with E-state index in [0.717, 1.165) is 43.1 Å². The Morgan fingerprint density at radius 2 is 2.19 bits per heavy atom. The average molecular weight is 370 g/mol. The second kappa shape index (κ2) is 5.17. The number of aliphatic hydroxyl groups is 1. The number of hydrogen-bond acceptors (Lipinski definition) is 6. The summed E-state index contributed by atoms with van der Waals surface area (Å²) in [5, 5.41) is 27.0. The number of piperidine rings is 1. The lowest BCUT2D eigenvalue weighted by Crippen LogP contribution is -2.76. The van der Waals surface area contributed by atoms with Crippen molar-refractivity contribution in [3.8, 4) is 11.5 Å². The highest BCUT2D eigenvalue weighted by Crippen LogP contribution is 2.65. The molecule has 0 aromatic heterocycles. The van der Waals surface area contributed by atoms with E-state index in [1.54, 1.807) is 13.2 Å². The summed E-state index contributed by atoms with van der Waals surface area (Å²) in [6, 6.07) is 3.86. The first-order chi connectivity index (χ1) is 13.1. The van der Waals surface area contributed by atoms with Crippen molar-refractivity contribution in [2.45, 2.75) is 61.7 Å². The van der Waals surface area contributed by atoms with Crippen LogP contribution in [0.15, 0.2) is 17.3 Å². The molecule has 6 rings (SSSR count). The number of phenolic OH excluding ortho intramolecular Hbond substituents is 1. The van der Waals surface area contributed by atoms with E-state index in [1.807, 2.05) is 6.07 Å². The minimum atomic E-state index is -0.858. The first kappa shape index (κ1) is 16.2. The number of benzene rings is 1. The molecule has 144 valence electrons. The highest BCUT2D eigenvalue weighted by molar-refractivity contribution is 5.94. The second-order valence-electron chi connectivity index (χ2n) is 9.01. The zero-order valence-electron chi connectivity index (χ0n) is 15.6. The van der Waals surface area contributed by atoms with Gasteiger partial charge in [0.2, 0.25) is 0 Å². The van der Waals surface area contributed by atoms with Crippen molar-refractivity contribution >= 4 is 5.71 Å². The lowest BCUT2D eigenvalue weighted by molar-refractivity contribution is -0.167. The molecule has 1 saturated heterocycles. The van der Waals surface area contributed by atoms with Gasteiger partial charge in [-0.1, -0.05) is 11.2 Å². The molecule has 2 saturated carbocycles. The van der Waals surface area contributed by atoms with Crippen LogP contribution in [0.4, 0.5) is 0 Å². The van der Waals surface area contributed by atoms with Crippen LogP contribution < -0.4 is 4.74 Å². The first-order valence-corrected chi connectivity index (χ1v) is 10.2. The van der Waals surface area contributed by atoms with Crippen molar-refractivity contribution in [2.75, 3.05) is 20.2 Å². The van der Waals surface area contributed by atoms with Crippen LogP contribution in [0.25, 0.3) is 0 Å². The van der Waals surface area contributed by atoms with Gasteiger partial charge < -0.3 is 19.8 Å². The van der Waals surface area contributed by atoms with Gasteiger partial charge >= 0.3 is 0 Å². The lowest BCUT2D eigenvalue weighted by Gasteiger charge is -2.63. The van der Waals surface area contributed by atoms with E-state index < -0.39 is 11.0 Å². The average Bonchev–Trinajstić information content (AvgIpc) is 3.39. The summed E-state index contributed by atoms with van der Waals surface area (Å²) >= 11 is 0. The van der Waals surface area contributed by atoms with E-state index in [-0.39, 0.29) is 17.9 Å². The molecule has 1 aromatic carbocycles. The third kappa shape index (κ3) is 1.86. The molecular weight excluding hydrogens is 344 g/mol. The highest BCUT2D eigenvalue weighted by atomic mass is 16.6. The number of nitrogens with zero attached hydrogens (tertiary/aromatic N) is 2. The third-order valence-corrected chi connectivity index (χ3v) is 7.79. The SMILES string of the molecule is CO/N=C1\CCC2(O)C3Cc4ccc(O)c5c4C2(CCN3CC2CC2)C1O5. The summed E-state index contributed by atoms with van der Waals surface area (Å²) < 4.78 is 6.33. The minimum Gasteiger partial charge on any atom is -0.504 e. The Balaban J connectivity index is 1.56. The van der Waals surface area contributed by atoms with Crippen molar-refractivity contribution < 1.29 is 19.8 Å². The van der Waals surface area contributed by atoms with Gasteiger partial charge in [-0.25, -0.2) is 0 Å². The van der Waals surface area contributed by atoms with Gasteiger partial charge in [0.05, 0.1) is 16.7 Å². The standard InChI is InChI=1S/C21H26N2O4/c1-26-22-14-6-7-21(25)16-10-13-4-5-15(24)18-17(13)20(21,19(14)27-18)8-9-23(16)11-12-2-3-12/h4-5,12,16,19,24-25H,2-3,6-11H2,1H3/b22-14+. The van der Waals surface area contributed by atoms with E-state index in [0.29, 0.717) is 18.6 Å². The monoisotopic (exact) mass is 370 g/mol. The van der Waals surface area contributed by atoms with Crippen molar-refractivity contribution in [1.29, 1.82) is 0 Å². The quantitative estimate of drug-likeness (QED) is 0.796. The fourth-order valence-electron chi connectivity index (χ4n) is 6.49. The van der Waals surface area contributed by atoms with Crippen molar-refractivity contribution in [1.82, 2.24) is 4.90 Å². The maximum Gasteiger partial charge on any atom is 0.166 e. The number of phenols is 1. The van der Waals surface area contributed by atoms with Gasteiger partial charge in [-0.15, -0.1) is 0 Å². The van der Waals surface area contributed by atoms with Crippen LogP contribution in [0.1, 0.15) is 43.2 Å². The Kier molecular flexibility index (Phi) is 3.10. The molecule has 2 bridgehead atoms.